The smallest absolute Gasteiger partial charge is 0.282 e. The van der Waals surface area contributed by atoms with E-state index in [4.69, 9.17) is 0 Å². The molecule has 3 aliphatic carbocycles. The number of hydrogen-bond acceptors (Lipinski definition) is 7. The average Bonchev–Trinajstić information content (AvgIpc) is 3.60. The van der Waals surface area contributed by atoms with Crippen LogP contribution in [0.15, 0.2) is 12.4 Å². The molecule has 0 saturated heterocycles. The zero-order chi connectivity index (χ0) is 28.8. The van der Waals surface area contributed by atoms with Crippen molar-refractivity contribution in [3.05, 3.63) is 34.1 Å². The van der Waals surface area contributed by atoms with Gasteiger partial charge in [0.25, 0.3) is 12.3 Å². The van der Waals surface area contributed by atoms with Crippen LogP contribution in [0.5, 0.6) is 0 Å². The molecule has 3 heterocycles. The van der Waals surface area contributed by atoms with Crippen molar-refractivity contribution < 1.29 is 27.2 Å². The highest BCUT2D eigenvalue weighted by atomic mass is 32.1. The summed E-state index contributed by atoms with van der Waals surface area (Å²) < 4.78 is 56.1. The third kappa shape index (κ3) is 5.55. The van der Waals surface area contributed by atoms with E-state index in [1.54, 1.807) is 17.9 Å². The van der Waals surface area contributed by atoms with Gasteiger partial charge in [0.1, 0.15) is 35.2 Å². The molecule has 0 spiro atoms. The number of carbonyl (C=O) groups is 2. The number of aromatic nitrogens is 5. The molecule has 0 unspecified atom stereocenters. The van der Waals surface area contributed by atoms with Crippen LogP contribution in [-0.4, -0.2) is 55.2 Å². The summed E-state index contributed by atoms with van der Waals surface area (Å²) in [6.45, 7) is 0.345. The Labute approximate surface area is 236 Å². The molecule has 3 N–H and O–H groups in total. The van der Waals surface area contributed by atoms with Crippen LogP contribution in [0.3, 0.4) is 0 Å². The van der Waals surface area contributed by atoms with Gasteiger partial charge in [0.15, 0.2) is 0 Å². The van der Waals surface area contributed by atoms with E-state index in [-0.39, 0.29) is 42.3 Å². The maximum Gasteiger partial charge on any atom is 0.282 e. The van der Waals surface area contributed by atoms with Crippen LogP contribution in [0.4, 0.5) is 34.3 Å². The molecule has 0 aliphatic heterocycles. The van der Waals surface area contributed by atoms with Crippen molar-refractivity contribution in [2.45, 2.75) is 69.8 Å². The van der Waals surface area contributed by atoms with E-state index >= 15 is 0 Å². The van der Waals surface area contributed by atoms with E-state index in [9.17, 15) is 27.2 Å². The summed E-state index contributed by atoms with van der Waals surface area (Å²) in [5.74, 6) is -0.319. The van der Waals surface area contributed by atoms with Crippen molar-refractivity contribution >= 4 is 39.9 Å². The lowest BCUT2D eigenvalue weighted by Gasteiger charge is -2.30. The van der Waals surface area contributed by atoms with E-state index in [1.807, 2.05) is 0 Å². The third-order valence-corrected chi connectivity index (χ3v) is 9.42. The van der Waals surface area contributed by atoms with E-state index in [2.05, 4.69) is 31.2 Å². The number of fused-ring (bicyclic) bond motifs is 1. The SMILES string of the molecule is Cn1nc(C(F)F)cc1Nc1nncn1[C@H]1CCc2sc(NC(=O)[C@H]3C[C@H](F)C3)c(C(=O)NC[C@H]3C[C@H](F)C3)c2C1. The normalized spacial score (nSPS) is 25.3. The fraction of sp³-hybridized carbons (Fsp3) is 0.577. The monoisotopic (exact) mass is 594 g/mol. The predicted octanol–water partition coefficient (Wildman–Crippen LogP) is 4.65. The minimum absolute atomic E-state index is 0.0777. The first-order valence-electron chi connectivity index (χ1n) is 13.7. The van der Waals surface area contributed by atoms with Crippen molar-refractivity contribution in [1.82, 2.24) is 29.9 Å². The molecule has 2 fully saturated rings. The molecule has 0 aromatic carbocycles. The molecule has 3 aromatic rings. The van der Waals surface area contributed by atoms with Crippen LogP contribution >= 0.6 is 11.3 Å². The molecular weight excluding hydrogens is 564 g/mol. The summed E-state index contributed by atoms with van der Waals surface area (Å²) in [5, 5.41) is 21.2. The predicted molar refractivity (Wildman–Crippen MR) is 143 cm³/mol. The lowest BCUT2D eigenvalue weighted by Crippen LogP contribution is -2.38. The lowest BCUT2D eigenvalue weighted by atomic mass is 9.83. The number of rotatable bonds is 9. The number of thiophene rings is 1. The van der Waals surface area contributed by atoms with Crippen molar-refractivity contribution in [2.75, 3.05) is 17.2 Å². The Hall–Kier alpha value is -3.49. The first kappa shape index (κ1) is 27.7. The van der Waals surface area contributed by atoms with Gasteiger partial charge in [-0.15, -0.1) is 21.5 Å². The van der Waals surface area contributed by atoms with Crippen LogP contribution in [0.2, 0.25) is 0 Å². The standard InChI is InChI=1S/C26H30F4N8O2S/c1-37-20(9-18(36-37)22(29)30)33-26-35-32-11-38(26)16-2-3-19-17(8-16)21(24(40)31-10-12-4-14(27)5-12)25(41-19)34-23(39)13-6-15(28)7-13/h9,11-16,22H,2-8,10H2,1H3,(H,31,40)(H,33,35)(H,34,39)/t12-,13-,14-,15-,16-/m0/s1. The Morgan fingerprint density at radius 1 is 1.17 bits per heavy atom. The van der Waals surface area contributed by atoms with Crippen LogP contribution in [0, 0.1) is 11.8 Å². The van der Waals surface area contributed by atoms with E-state index in [0.717, 1.165) is 10.4 Å². The van der Waals surface area contributed by atoms with Crippen molar-refractivity contribution in [3.63, 3.8) is 0 Å². The van der Waals surface area contributed by atoms with Crippen LogP contribution in [0.1, 0.15) is 71.1 Å². The van der Waals surface area contributed by atoms with Crippen molar-refractivity contribution in [2.24, 2.45) is 18.9 Å². The molecule has 0 radical (unpaired) electrons. The van der Waals surface area contributed by atoms with E-state index < -0.39 is 24.7 Å². The van der Waals surface area contributed by atoms with Gasteiger partial charge in [-0.05, 0) is 56.4 Å². The van der Waals surface area contributed by atoms with Gasteiger partial charge in [-0.1, -0.05) is 0 Å². The largest absolute Gasteiger partial charge is 0.352 e. The van der Waals surface area contributed by atoms with Crippen LogP contribution < -0.4 is 16.0 Å². The minimum atomic E-state index is -2.71. The summed E-state index contributed by atoms with van der Waals surface area (Å²) in [5.41, 5.74) is 0.819. The van der Waals surface area contributed by atoms with Gasteiger partial charge in [-0.2, -0.15) is 5.10 Å². The number of amides is 2. The quantitative estimate of drug-likeness (QED) is 0.311. The Morgan fingerprint density at radius 2 is 1.93 bits per heavy atom. The molecular formula is C26H30F4N8O2S. The van der Waals surface area contributed by atoms with Crippen LogP contribution in [0.25, 0.3) is 0 Å². The molecule has 41 heavy (non-hydrogen) atoms. The van der Waals surface area contributed by atoms with Crippen molar-refractivity contribution in [1.29, 1.82) is 0 Å². The maximum absolute atomic E-state index is 13.5. The highest BCUT2D eigenvalue weighted by molar-refractivity contribution is 7.17. The molecule has 2 amide bonds. The molecule has 2 saturated carbocycles. The molecule has 15 heteroatoms. The summed E-state index contributed by atoms with van der Waals surface area (Å²) in [4.78, 5) is 27.3. The van der Waals surface area contributed by atoms with E-state index in [0.29, 0.717) is 61.0 Å². The average molecular weight is 595 g/mol. The molecule has 3 aromatic heterocycles. The number of anilines is 3. The van der Waals surface area contributed by atoms with Gasteiger partial charge in [-0.25, -0.2) is 17.6 Å². The van der Waals surface area contributed by atoms with Gasteiger partial charge in [0.2, 0.25) is 11.9 Å². The first-order chi connectivity index (χ1) is 19.7. The number of aryl methyl sites for hydroxylation is 2. The van der Waals surface area contributed by atoms with Gasteiger partial charge in [-0.3, -0.25) is 18.8 Å². The Morgan fingerprint density at radius 3 is 2.61 bits per heavy atom. The summed E-state index contributed by atoms with van der Waals surface area (Å²) in [6.07, 6.45) is -0.0442. The fourth-order valence-corrected chi connectivity index (χ4v) is 6.93. The van der Waals surface area contributed by atoms with Gasteiger partial charge in [0, 0.05) is 36.5 Å². The van der Waals surface area contributed by atoms with Crippen LogP contribution in [-0.2, 0) is 24.7 Å². The fourth-order valence-electron chi connectivity index (χ4n) is 5.68. The topological polar surface area (TPSA) is 119 Å². The summed E-state index contributed by atoms with van der Waals surface area (Å²) >= 11 is 1.35. The Balaban J connectivity index is 1.24. The second kappa shape index (κ2) is 11.1. The number of carbonyl (C=O) groups excluding carboxylic acids is 2. The highest BCUT2D eigenvalue weighted by Crippen LogP contribution is 2.43. The van der Waals surface area contributed by atoms with Gasteiger partial charge >= 0.3 is 0 Å². The lowest BCUT2D eigenvalue weighted by molar-refractivity contribution is -0.124. The number of hydrogen-bond donors (Lipinski definition) is 3. The molecule has 220 valence electrons. The highest BCUT2D eigenvalue weighted by Gasteiger charge is 2.37. The Bertz CT molecular complexity index is 1440. The van der Waals surface area contributed by atoms with Crippen molar-refractivity contribution in [3.8, 4) is 0 Å². The first-order valence-corrected chi connectivity index (χ1v) is 14.5. The Kier molecular flexibility index (Phi) is 7.47. The maximum atomic E-state index is 13.5. The second-order valence-electron chi connectivity index (χ2n) is 11.1. The minimum Gasteiger partial charge on any atom is -0.352 e. The van der Waals surface area contributed by atoms with E-state index in [1.165, 1.54) is 22.1 Å². The van der Waals surface area contributed by atoms with Gasteiger partial charge < -0.3 is 16.0 Å². The molecule has 1 atom stereocenters. The molecule has 3 aliphatic rings. The third-order valence-electron chi connectivity index (χ3n) is 8.21. The summed E-state index contributed by atoms with van der Waals surface area (Å²) in [7, 11) is 1.54. The number of halogens is 4. The second-order valence-corrected chi connectivity index (χ2v) is 12.2. The number of nitrogens with zero attached hydrogens (tertiary/aromatic N) is 5. The molecule has 10 nitrogen and oxygen atoms in total. The molecule has 0 bridgehead atoms. The zero-order valence-electron chi connectivity index (χ0n) is 22.2. The number of nitrogens with one attached hydrogen (secondary N) is 3. The molecule has 6 rings (SSSR count). The zero-order valence-corrected chi connectivity index (χ0v) is 23.1. The summed E-state index contributed by atoms with van der Waals surface area (Å²) in [6, 6.07) is 1.09. The van der Waals surface area contributed by atoms with Gasteiger partial charge in [0.05, 0.1) is 5.56 Å². The number of alkyl halides is 4.